The van der Waals surface area contributed by atoms with E-state index in [0.29, 0.717) is 11.3 Å². The molecule has 1 rings (SSSR count). The van der Waals surface area contributed by atoms with Crippen LogP contribution in [-0.2, 0) is 0 Å². The monoisotopic (exact) mass is 187 g/mol. The number of nitrogens with zero attached hydrogens (tertiary/aromatic N) is 2. The quantitative estimate of drug-likeness (QED) is 0.528. The van der Waals surface area contributed by atoms with Gasteiger partial charge in [0.2, 0.25) is 0 Å². The molecule has 0 aliphatic carbocycles. The van der Waals surface area contributed by atoms with Gasteiger partial charge >= 0.3 is 0 Å². The highest BCUT2D eigenvalue weighted by Gasteiger charge is 1.98. The van der Waals surface area contributed by atoms with Gasteiger partial charge in [-0.25, -0.2) is 0 Å². The Balaban J connectivity index is 3.01. The van der Waals surface area contributed by atoms with Crippen LogP contribution in [0.25, 0.3) is 5.57 Å². The first-order valence-corrected chi connectivity index (χ1v) is 4.26. The van der Waals surface area contributed by atoms with Crippen LogP contribution in [0.4, 0.5) is 5.69 Å². The van der Waals surface area contributed by atoms with Crippen molar-refractivity contribution in [3.63, 3.8) is 0 Å². The predicted molar refractivity (Wildman–Crippen MR) is 57.5 cm³/mol. The Morgan fingerprint density at radius 1 is 1.43 bits per heavy atom. The average Bonchev–Trinajstić information content (AvgIpc) is 2.20. The lowest BCUT2D eigenvalue weighted by atomic mass is 10.1. The Labute approximate surface area is 83.5 Å². The van der Waals surface area contributed by atoms with Gasteiger partial charge in [0.05, 0.1) is 11.6 Å². The highest BCUT2D eigenvalue weighted by Crippen LogP contribution is 2.18. The van der Waals surface area contributed by atoms with Crippen molar-refractivity contribution in [1.82, 2.24) is 0 Å². The van der Waals surface area contributed by atoms with E-state index in [1.807, 2.05) is 6.92 Å². The molecule has 3 heteroatoms. The van der Waals surface area contributed by atoms with E-state index < -0.39 is 0 Å². The van der Waals surface area contributed by atoms with Crippen molar-refractivity contribution in [1.29, 1.82) is 5.26 Å². The molecule has 0 spiro atoms. The van der Waals surface area contributed by atoms with E-state index in [0.717, 1.165) is 10.6 Å². The van der Waals surface area contributed by atoms with Crippen LogP contribution in [0.2, 0.25) is 0 Å². The average molecular weight is 187 g/mol. The van der Waals surface area contributed by atoms with Gasteiger partial charge in [0.25, 0.3) is 0 Å². The molecule has 0 amide bonds. The van der Waals surface area contributed by atoms with Gasteiger partial charge in [0.1, 0.15) is 0 Å². The van der Waals surface area contributed by atoms with Crippen LogP contribution in [0.5, 0.6) is 0 Å². The SMILES string of the molecule is C/C=C(/C#N)c1ccc(N(C)[O-])cc1. The molecule has 0 aliphatic rings. The van der Waals surface area contributed by atoms with Gasteiger partial charge in [-0.1, -0.05) is 18.2 Å². The summed E-state index contributed by atoms with van der Waals surface area (Å²) in [6.45, 7) is 1.81. The Kier molecular flexibility index (Phi) is 3.27. The number of hydrogen-bond donors (Lipinski definition) is 0. The second-order valence-corrected chi connectivity index (χ2v) is 2.86. The van der Waals surface area contributed by atoms with Crippen LogP contribution in [0.1, 0.15) is 12.5 Å². The zero-order valence-corrected chi connectivity index (χ0v) is 8.19. The Bertz CT molecular complexity index is 371. The number of hydrogen-bond acceptors (Lipinski definition) is 3. The Morgan fingerprint density at radius 2 is 2.00 bits per heavy atom. The van der Waals surface area contributed by atoms with E-state index in [1.54, 1.807) is 30.3 Å². The molecule has 3 nitrogen and oxygen atoms in total. The van der Waals surface area contributed by atoms with Crippen molar-refractivity contribution in [2.45, 2.75) is 6.92 Å². The lowest BCUT2D eigenvalue weighted by Gasteiger charge is -2.24. The number of benzene rings is 1. The van der Waals surface area contributed by atoms with Gasteiger partial charge in [-0.15, -0.1) is 0 Å². The first-order valence-electron chi connectivity index (χ1n) is 4.26. The maximum atomic E-state index is 10.9. The van der Waals surface area contributed by atoms with Crippen LogP contribution >= 0.6 is 0 Å². The third-order valence-electron chi connectivity index (χ3n) is 1.95. The summed E-state index contributed by atoms with van der Waals surface area (Å²) in [7, 11) is 1.44. The standard InChI is InChI=1S/C11H11N2O/c1-3-9(8-12)10-4-6-11(7-5-10)13(2)14/h3-7H,1-2H3/q-1/b9-3-. The van der Waals surface area contributed by atoms with Gasteiger partial charge in [-0.2, -0.15) is 5.26 Å². The van der Waals surface area contributed by atoms with Gasteiger partial charge in [0.15, 0.2) is 0 Å². The van der Waals surface area contributed by atoms with Crippen molar-refractivity contribution >= 4 is 11.3 Å². The molecular weight excluding hydrogens is 176 g/mol. The first-order chi connectivity index (χ1) is 6.69. The molecule has 0 saturated heterocycles. The van der Waals surface area contributed by atoms with E-state index in [-0.39, 0.29) is 0 Å². The van der Waals surface area contributed by atoms with Crippen LogP contribution in [0.3, 0.4) is 0 Å². The van der Waals surface area contributed by atoms with Crippen molar-refractivity contribution < 1.29 is 0 Å². The third-order valence-corrected chi connectivity index (χ3v) is 1.95. The fourth-order valence-electron chi connectivity index (χ4n) is 1.15. The summed E-state index contributed by atoms with van der Waals surface area (Å²) in [5.41, 5.74) is 2.04. The largest absolute Gasteiger partial charge is 0.758 e. The maximum absolute atomic E-state index is 10.9. The fourth-order valence-corrected chi connectivity index (χ4v) is 1.15. The number of anilines is 1. The highest BCUT2D eigenvalue weighted by molar-refractivity contribution is 5.77. The molecule has 1 aromatic carbocycles. The Hall–Kier alpha value is -1.79. The summed E-state index contributed by atoms with van der Waals surface area (Å²) in [5, 5.41) is 20.5. The molecule has 0 aliphatic heterocycles. The topological polar surface area (TPSA) is 50.1 Å². The minimum absolute atomic E-state index is 0.585. The van der Waals surface area contributed by atoms with Gasteiger partial charge in [0, 0.05) is 5.69 Å². The number of nitriles is 1. The highest BCUT2D eigenvalue weighted by atomic mass is 16.5. The molecule has 0 radical (unpaired) electrons. The van der Waals surface area contributed by atoms with Gasteiger partial charge < -0.3 is 10.3 Å². The van der Waals surface area contributed by atoms with E-state index in [2.05, 4.69) is 6.07 Å². The predicted octanol–water partition coefficient (Wildman–Crippen LogP) is 2.55. The molecule has 1 aromatic rings. The molecule has 0 aromatic heterocycles. The van der Waals surface area contributed by atoms with Crippen LogP contribution < -0.4 is 5.06 Å². The third kappa shape index (κ3) is 2.12. The van der Waals surface area contributed by atoms with E-state index in [4.69, 9.17) is 5.26 Å². The van der Waals surface area contributed by atoms with E-state index in [1.165, 1.54) is 7.05 Å². The number of allylic oxidation sites excluding steroid dienone is 2. The molecule has 0 saturated carbocycles. The molecule has 72 valence electrons. The molecule has 0 atom stereocenters. The summed E-state index contributed by atoms with van der Waals surface area (Å²) in [5.74, 6) is 0. The van der Waals surface area contributed by atoms with Gasteiger partial charge in [-0.3, -0.25) is 0 Å². The van der Waals surface area contributed by atoms with Crippen molar-refractivity contribution in [3.05, 3.63) is 41.1 Å². The smallest absolute Gasteiger partial charge is 0.0994 e. The molecule has 0 fully saturated rings. The summed E-state index contributed by atoms with van der Waals surface area (Å²) in [6, 6.07) is 9.01. The van der Waals surface area contributed by atoms with Crippen LogP contribution in [0, 0.1) is 16.5 Å². The second-order valence-electron chi connectivity index (χ2n) is 2.86. The summed E-state index contributed by atoms with van der Waals surface area (Å²) >= 11 is 0. The van der Waals surface area contributed by atoms with E-state index in [9.17, 15) is 5.21 Å². The van der Waals surface area contributed by atoms with Crippen molar-refractivity contribution in [3.8, 4) is 6.07 Å². The van der Waals surface area contributed by atoms with Crippen LogP contribution in [-0.4, -0.2) is 7.05 Å². The lowest BCUT2D eigenvalue weighted by molar-refractivity contribution is 1.22. The fraction of sp³-hybridized carbons (Fsp3) is 0.182. The first kappa shape index (κ1) is 10.3. The van der Waals surface area contributed by atoms with Crippen molar-refractivity contribution in [2.75, 3.05) is 12.1 Å². The molecule has 0 bridgehead atoms. The summed E-state index contributed by atoms with van der Waals surface area (Å²) in [6.07, 6.45) is 1.75. The zero-order chi connectivity index (χ0) is 10.6. The normalized spacial score (nSPS) is 10.9. The summed E-state index contributed by atoms with van der Waals surface area (Å²) < 4.78 is 0. The molecule has 0 heterocycles. The lowest BCUT2D eigenvalue weighted by Crippen LogP contribution is -2.05. The molecule has 14 heavy (non-hydrogen) atoms. The zero-order valence-electron chi connectivity index (χ0n) is 8.19. The van der Waals surface area contributed by atoms with Crippen LogP contribution in [0.15, 0.2) is 30.3 Å². The number of hydroxylamine groups is 1. The maximum Gasteiger partial charge on any atom is 0.0994 e. The Morgan fingerprint density at radius 3 is 2.36 bits per heavy atom. The van der Waals surface area contributed by atoms with E-state index >= 15 is 0 Å². The summed E-state index contributed by atoms with van der Waals surface area (Å²) in [4.78, 5) is 0. The van der Waals surface area contributed by atoms with Gasteiger partial charge in [-0.05, 0) is 31.7 Å². The minimum atomic E-state index is 0.585. The second kappa shape index (κ2) is 4.45. The number of rotatable bonds is 2. The molecular formula is C11H11N2O-. The molecule has 0 unspecified atom stereocenters. The van der Waals surface area contributed by atoms with Crippen molar-refractivity contribution in [2.24, 2.45) is 0 Å². The molecule has 0 N–H and O–H groups in total. The minimum Gasteiger partial charge on any atom is -0.758 e.